The predicted octanol–water partition coefficient (Wildman–Crippen LogP) is 1.60. The molecule has 0 unspecified atom stereocenters. The molecule has 1 fully saturated rings. The third-order valence-corrected chi connectivity index (χ3v) is 4.33. The molecule has 0 saturated carbocycles. The molecule has 1 aliphatic rings. The van der Waals surface area contributed by atoms with E-state index in [2.05, 4.69) is 10.4 Å². The molecule has 24 heavy (non-hydrogen) atoms. The van der Waals surface area contributed by atoms with Crippen LogP contribution in [0.4, 0.5) is 11.4 Å². The van der Waals surface area contributed by atoms with Crippen LogP contribution in [0.2, 0.25) is 5.02 Å². The summed E-state index contributed by atoms with van der Waals surface area (Å²) in [6.07, 6.45) is 3.42. The maximum Gasteiger partial charge on any atom is 0.255 e. The molecule has 2 heterocycles. The van der Waals surface area contributed by atoms with Gasteiger partial charge in [-0.2, -0.15) is 5.10 Å². The number of benzene rings is 1. The van der Waals surface area contributed by atoms with Crippen LogP contribution in [0.1, 0.15) is 10.4 Å². The fourth-order valence-electron chi connectivity index (χ4n) is 2.68. The molecule has 8 heteroatoms. The highest BCUT2D eigenvalue weighted by atomic mass is 35.5. The van der Waals surface area contributed by atoms with Crippen molar-refractivity contribution in [3.63, 3.8) is 0 Å². The molecule has 1 aromatic carbocycles. The van der Waals surface area contributed by atoms with Gasteiger partial charge in [-0.15, -0.1) is 0 Å². The van der Waals surface area contributed by atoms with Gasteiger partial charge in [0, 0.05) is 39.1 Å². The van der Waals surface area contributed by atoms with Gasteiger partial charge in [0.1, 0.15) is 6.54 Å². The Kier molecular flexibility index (Phi) is 4.44. The monoisotopic (exact) mass is 347 g/mol. The van der Waals surface area contributed by atoms with E-state index in [-0.39, 0.29) is 18.4 Å². The lowest BCUT2D eigenvalue weighted by Crippen LogP contribution is -2.52. The average molecular weight is 348 g/mol. The fraction of sp³-hybridized carbons (Fsp3) is 0.312. The van der Waals surface area contributed by atoms with Gasteiger partial charge in [-0.3, -0.25) is 14.3 Å². The molecule has 2 aromatic rings. The number of anilines is 2. The predicted molar refractivity (Wildman–Crippen MR) is 92.5 cm³/mol. The smallest absolute Gasteiger partial charge is 0.255 e. The van der Waals surface area contributed by atoms with Crippen LogP contribution in [-0.2, 0) is 11.8 Å². The number of piperazine rings is 1. The second kappa shape index (κ2) is 6.52. The van der Waals surface area contributed by atoms with Gasteiger partial charge >= 0.3 is 0 Å². The Morgan fingerprint density at radius 2 is 2.12 bits per heavy atom. The summed E-state index contributed by atoms with van der Waals surface area (Å²) in [4.78, 5) is 28.3. The van der Waals surface area contributed by atoms with Gasteiger partial charge in [-0.1, -0.05) is 11.6 Å². The van der Waals surface area contributed by atoms with Crippen LogP contribution in [0.25, 0.3) is 0 Å². The topological polar surface area (TPSA) is 70.5 Å². The standard InChI is InChI=1S/C16H18ClN5O2/c1-18-11-3-4-14(17)13(7-11)16(24)21-5-6-22(15(23)10-21)12-8-19-20(2)9-12/h3-4,7-9,18H,5-6,10H2,1-2H3. The minimum absolute atomic E-state index is 0.0217. The first-order valence-electron chi connectivity index (χ1n) is 7.55. The molecule has 126 valence electrons. The van der Waals surface area contributed by atoms with E-state index in [4.69, 9.17) is 11.6 Å². The van der Waals surface area contributed by atoms with E-state index in [0.717, 1.165) is 11.4 Å². The number of nitrogens with one attached hydrogen (secondary N) is 1. The summed E-state index contributed by atoms with van der Waals surface area (Å²) in [7, 11) is 3.57. The Bertz CT molecular complexity index is 789. The molecular weight excluding hydrogens is 330 g/mol. The van der Waals surface area contributed by atoms with E-state index in [1.165, 1.54) is 4.90 Å². The molecule has 1 aromatic heterocycles. The Morgan fingerprint density at radius 1 is 1.33 bits per heavy atom. The lowest BCUT2D eigenvalue weighted by atomic mass is 10.1. The van der Waals surface area contributed by atoms with Crippen LogP contribution in [0.5, 0.6) is 0 Å². The minimum Gasteiger partial charge on any atom is -0.388 e. The summed E-state index contributed by atoms with van der Waals surface area (Å²) >= 11 is 6.15. The number of amides is 2. The van der Waals surface area contributed by atoms with Crippen LogP contribution >= 0.6 is 11.6 Å². The van der Waals surface area contributed by atoms with Crippen LogP contribution in [0.15, 0.2) is 30.6 Å². The van der Waals surface area contributed by atoms with Crippen molar-refractivity contribution >= 4 is 34.8 Å². The third-order valence-electron chi connectivity index (χ3n) is 4.00. The number of aromatic nitrogens is 2. The highest BCUT2D eigenvalue weighted by Gasteiger charge is 2.30. The Morgan fingerprint density at radius 3 is 2.75 bits per heavy atom. The molecule has 0 radical (unpaired) electrons. The fourth-order valence-corrected chi connectivity index (χ4v) is 2.88. The second-order valence-corrected chi connectivity index (χ2v) is 6.00. The SMILES string of the molecule is CNc1ccc(Cl)c(C(=O)N2CCN(c3cnn(C)c3)C(=O)C2)c1. The molecule has 3 rings (SSSR count). The Hall–Kier alpha value is -2.54. The Balaban J connectivity index is 1.76. The summed E-state index contributed by atoms with van der Waals surface area (Å²) < 4.78 is 1.64. The van der Waals surface area contributed by atoms with Crippen molar-refractivity contribution in [2.24, 2.45) is 7.05 Å². The first-order chi connectivity index (χ1) is 11.5. The van der Waals surface area contributed by atoms with Gasteiger partial charge in [-0.25, -0.2) is 0 Å². The van der Waals surface area contributed by atoms with Gasteiger partial charge < -0.3 is 15.1 Å². The van der Waals surface area contributed by atoms with Gasteiger partial charge in [0.25, 0.3) is 5.91 Å². The quantitative estimate of drug-likeness (QED) is 0.915. The van der Waals surface area contributed by atoms with E-state index in [9.17, 15) is 9.59 Å². The van der Waals surface area contributed by atoms with Gasteiger partial charge in [0.05, 0.1) is 22.5 Å². The number of halogens is 1. The second-order valence-electron chi connectivity index (χ2n) is 5.59. The molecule has 1 aliphatic heterocycles. The lowest BCUT2D eigenvalue weighted by molar-refractivity contribution is -0.120. The first kappa shape index (κ1) is 16.3. The van der Waals surface area contributed by atoms with Crippen molar-refractivity contribution in [3.8, 4) is 0 Å². The molecule has 2 amide bonds. The van der Waals surface area contributed by atoms with Crippen molar-refractivity contribution in [1.29, 1.82) is 0 Å². The zero-order valence-electron chi connectivity index (χ0n) is 13.5. The molecule has 7 nitrogen and oxygen atoms in total. The molecule has 0 aliphatic carbocycles. The molecule has 1 saturated heterocycles. The van der Waals surface area contributed by atoms with E-state index in [1.807, 2.05) is 0 Å². The Labute approximate surface area is 144 Å². The summed E-state index contributed by atoms with van der Waals surface area (Å²) in [6.45, 7) is 0.896. The van der Waals surface area contributed by atoms with Crippen molar-refractivity contribution in [2.45, 2.75) is 0 Å². The normalized spacial score (nSPS) is 14.9. The first-order valence-corrected chi connectivity index (χ1v) is 7.93. The number of rotatable bonds is 3. The highest BCUT2D eigenvalue weighted by molar-refractivity contribution is 6.34. The van der Waals surface area contributed by atoms with E-state index in [0.29, 0.717) is 23.7 Å². The zero-order valence-corrected chi connectivity index (χ0v) is 14.2. The van der Waals surface area contributed by atoms with Gasteiger partial charge in [0.15, 0.2) is 0 Å². The largest absolute Gasteiger partial charge is 0.388 e. The summed E-state index contributed by atoms with van der Waals surface area (Å²) in [6, 6.07) is 5.17. The number of carbonyl (C=O) groups excluding carboxylic acids is 2. The lowest BCUT2D eigenvalue weighted by Gasteiger charge is -2.33. The number of nitrogens with zero attached hydrogens (tertiary/aromatic N) is 4. The van der Waals surface area contributed by atoms with Crippen molar-refractivity contribution in [3.05, 3.63) is 41.2 Å². The van der Waals surface area contributed by atoms with Crippen molar-refractivity contribution in [1.82, 2.24) is 14.7 Å². The maximum absolute atomic E-state index is 12.7. The minimum atomic E-state index is -0.240. The molecule has 0 spiro atoms. The average Bonchev–Trinajstić information content (AvgIpc) is 3.00. The van der Waals surface area contributed by atoms with Crippen molar-refractivity contribution in [2.75, 3.05) is 36.9 Å². The zero-order chi connectivity index (χ0) is 17.3. The molecule has 1 N–H and O–H groups in total. The maximum atomic E-state index is 12.7. The van der Waals surface area contributed by atoms with E-state index in [1.54, 1.807) is 54.3 Å². The number of hydrogen-bond donors (Lipinski definition) is 1. The van der Waals surface area contributed by atoms with E-state index < -0.39 is 0 Å². The van der Waals surface area contributed by atoms with Crippen LogP contribution < -0.4 is 10.2 Å². The summed E-state index contributed by atoms with van der Waals surface area (Å²) in [5, 5.41) is 7.43. The van der Waals surface area contributed by atoms with Crippen LogP contribution in [0, 0.1) is 0 Å². The molecule has 0 atom stereocenters. The number of aryl methyl sites for hydroxylation is 1. The number of carbonyl (C=O) groups is 2. The van der Waals surface area contributed by atoms with Gasteiger partial charge in [-0.05, 0) is 18.2 Å². The van der Waals surface area contributed by atoms with Gasteiger partial charge in [0.2, 0.25) is 5.91 Å². The summed E-state index contributed by atoms with van der Waals surface area (Å²) in [5.41, 5.74) is 1.93. The summed E-state index contributed by atoms with van der Waals surface area (Å²) in [5.74, 6) is -0.375. The van der Waals surface area contributed by atoms with Crippen LogP contribution in [-0.4, -0.2) is 53.2 Å². The highest BCUT2D eigenvalue weighted by Crippen LogP contribution is 2.23. The molecule has 0 bridgehead atoms. The molecular formula is C16H18ClN5O2. The van der Waals surface area contributed by atoms with Crippen LogP contribution in [0.3, 0.4) is 0 Å². The van der Waals surface area contributed by atoms with E-state index >= 15 is 0 Å². The third kappa shape index (κ3) is 3.07. The number of hydrogen-bond acceptors (Lipinski definition) is 4. The van der Waals surface area contributed by atoms with Crippen molar-refractivity contribution < 1.29 is 9.59 Å².